The third kappa shape index (κ3) is 2.55. The van der Waals surface area contributed by atoms with Gasteiger partial charge < -0.3 is 14.0 Å². The van der Waals surface area contributed by atoms with Crippen LogP contribution in [0.3, 0.4) is 0 Å². The second-order valence-corrected chi connectivity index (χ2v) is 4.49. The molecule has 2 rings (SSSR count). The highest BCUT2D eigenvalue weighted by Crippen LogP contribution is 2.32. The van der Waals surface area contributed by atoms with Gasteiger partial charge in [-0.25, -0.2) is 4.98 Å². The molecule has 1 aromatic carbocycles. The van der Waals surface area contributed by atoms with E-state index in [9.17, 15) is 0 Å². The lowest BCUT2D eigenvalue weighted by Crippen LogP contribution is -2.03. The Morgan fingerprint density at radius 2 is 1.95 bits per heavy atom. The van der Waals surface area contributed by atoms with Crippen molar-refractivity contribution in [2.24, 2.45) is 0 Å². The molecule has 0 radical (unpaired) electrons. The Morgan fingerprint density at radius 1 is 1.25 bits per heavy atom. The number of unbranched alkanes of at least 4 members (excludes halogenated alkanes) is 1. The summed E-state index contributed by atoms with van der Waals surface area (Å²) in [5, 5.41) is 8.67. The smallest absolute Gasteiger partial charge is 0.163 e. The Bertz CT molecular complexity index is 641. The van der Waals surface area contributed by atoms with Gasteiger partial charge in [0.15, 0.2) is 11.5 Å². The van der Waals surface area contributed by atoms with E-state index in [4.69, 9.17) is 14.7 Å². The average Bonchev–Trinajstić information content (AvgIpc) is 2.83. The first-order valence-electron chi connectivity index (χ1n) is 6.73. The zero-order valence-electron chi connectivity index (χ0n) is 12.1. The van der Waals surface area contributed by atoms with Crippen molar-refractivity contribution in [3.8, 4) is 17.6 Å². The van der Waals surface area contributed by atoms with Gasteiger partial charge in [-0.2, -0.15) is 5.26 Å². The van der Waals surface area contributed by atoms with E-state index in [0.29, 0.717) is 17.9 Å². The Morgan fingerprint density at radius 3 is 2.55 bits per heavy atom. The van der Waals surface area contributed by atoms with Gasteiger partial charge in [-0.1, -0.05) is 6.92 Å². The van der Waals surface area contributed by atoms with E-state index < -0.39 is 0 Å². The van der Waals surface area contributed by atoms with Crippen molar-refractivity contribution in [1.82, 2.24) is 9.55 Å². The van der Waals surface area contributed by atoms with Crippen LogP contribution >= 0.6 is 0 Å². The molecule has 106 valence electrons. The van der Waals surface area contributed by atoms with Gasteiger partial charge in [0, 0.05) is 31.5 Å². The van der Waals surface area contributed by atoms with E-state index in [1.807, 2.05) is 12.1 Å². The van der Waals surface area contributed by atoms with Crippen LogP contribution in [0.2, 0.25) is 0 Å². The molecule has 0 spiro atoms. The first-order valence-corrected chi connectivity index (χ1v) is 6.73. The first kappa shape index (κ1) is 14.2. The highest BCUT2D eigenvalue weighted by Gasteiger charge is 2.13. The third-order valence-corrected chi connectivity index (χ3v) is 3.32. The minimum absolute atomic E-state index is 0.552. The lowest BCUT2D eigenvalue weighted by atomic mass is 10.2. The highest BCUT2D eigenvalue weighted by molar-refractivity contribution is 5.80. The normalized spacial score (nSPS) is 10.5. The van der Waals surface area contributed by atoms with Crippen molar-refractivity contribution in [3.63, 3.8) is 0 Å². The standard InChI is InChI=1S/C15H19N3O2/c1-4-15-17-11-9-13(19-2)14(20-3)10-12(11)18(15)8-6-5-7-16/h9-10H,4-6,8H2,1-3H3. The lowest BCUT2D eigenvalue weighted by Gasteiger charge is -2.09. The summed E-state index contributed by atoms with van der Waals surface area (Å²) in [4.78, 5) is 4.64. The molecular formula is C15H19N3O2. The molecule has 20 heavy (non-hydrogen) atoms. The number of ether oxygens (including phenoxy) is 2. The fourth-order valence-electron chi connectivity index (χ4n) is 2.34. The molecule has 5 heteroatoms. The predicted octanol–water partition coefficient (Wildman–Crippen LogP) is 2.92. The number of hydrogen-bond acceptors (Lipinski definition) is 4. The molecule has 0 aliphatic heterocycles. The monoisotopic (exact) mass is 273 g/mol. The zero-order valence-corrected chi connectivity index (χ0v) is 12.1. The molecule has 0 aliphatic carbocycles. The van der Waals surface area contributed by atoms with Crippen molar-refractivity contribution in [1.29, 1.82) is 5.26 Å². The van der Waals surface area contributed by atoms with E-state index in [1.54, 1.807) is 14.2 Å². The van der Waals surface area contributed by atoms with Crippen LogP contribution in [0.15, 0.2) is 12.1 Å². The van der Waals surface area contributed by atoms with E-state index in [0.717, 1.165) is 36.2 Å². The van der Waals surface area contributed by atoms with Gasteiger partial charge >= 0.3 is 0 Å². The highest BCUT2D eigenvalue weighted by atomic mass is 16.5. The number of aromatic nitrogens is 2. The number of rotatable bonds is 6. The summed E-state index contributed by atoms with van der Waals surface area (Å²) in [7, 11) is 3.25. The Labute approximate surface area is 118 Å². The molecule has 1 aromatic heterocycles. The van der Waals surface area contributed by atoms with Gasteiger partial charge in [0.05, 0.1) is 31.3 Å². The molecule has 0 atom stereocenters. The van der Waals surface area contributed by atoms with Crippen molar-refractivity contribution < 1.29 is 9.47 Å². The van der Waals surface area contributed by atoms with Gasteiger partial charge in [0.25, 0.3) is 0 Å². The van der Waals surface area contributed by atoms with Crippen molar-refractivity contribution >= 4 is 11.0 Å². The molecule has 0 saturated heterocycles. The van der Waals surface area contributed by atoms with Gasteiger partial charge in [0.1, 0.15) is 5.82 Å². The fraction of sp³-hybridized carbons (Fsp3) is 0.467. The van der Waals surface area contributed by atoms with Crippen LogP contribution < -0.4 is 9.47 Å². The lowest BCUT2D eigenvalue weighted by molar-refractivity contribution is 0.355. The van der Waals surface area contributed by atoms with E-state index >= 15 is 0 Å². The third-order valence-electron chi connectivity index (χ3n) is 3.32. The number of nitrogens with zero attached hydrogens (tertiary/aromatic N) is 3. The fourth-order valence-corrected chi connectivity index (χ4v) is 2.34. The molecule has 0 amide bonds. The van der Waals surface area contributed by atoms with Crippen LogP contribution in [0.1, 0.15) is 25.6 Å². The average molecular weight is 273 g/mol. The van der Waals surface area contributed by atoms with Gasteiger partial charge in [-0.3, -0.25) is 0 Å². The second kappa shape index (κ2) is 6.29. The number of hydrogen-bond donors (Lipinski definition) is 0. The minimum Gasteiger partial charge on any atom is -0.493 e. The van der Waals surface area contributed by atoms with Gasteiger partial charge in [0.2, 0.25) is 0 Å². The summed E-state index contributed by atoms with van der Waals surface area (Å²) in [5.41, 5.74) is 1.92. The SMILES string of the molecule is CCc1nc2cc(OC)c(OC)cc2n1CCCC#N. The van der Waals surface area contributed by atoms with E-state index in [2.05, 4.69) is 22.5 Å². The summed E-state index contributed by atoms with van der Waals surface area (Å²) < 4.78 is 12.8. The van der Waals surface area contributed by atoms with Crippen molar-refractivity contribution in [2.75, 3.05) is 14.2 Å². The van der Waals surface area contributed by atoms with Gasteiger partial charge in [-0.15, -0.1) is 0 Å². The Hall–Kier alpha value is -2.22. The summed E-state index contributed by atoms with van der Waals surface area (Å²) in [6.45, 7) is 2.87. The number of methoxy groups -OCH3 is 2. The number of benzene rings is 1. The number of fused-ring (bicyclic) bond motifs is 1. The number of imidazole rings is 1. The van der Waals surface area contributed by atoms with Crippen LogP contribution in [0.5, 0.6) is 11.5 Å². The molecule has 0 fully saturated rings. The molecule has 2 aromatic rings. The first-order chi connectivity index (χ1) is 9.74. The van der Waals surface area contributed by atoms with Gasteiger partial charge in [-0.05, 0) is 6.42 Å². The van der Waals surface area contributed by atoms with E-state index in [1.165, 1.54) is 0 Å². The molecule has 0 N–H and O–H groups in total. The van der Waals surface area contributed by atoms with Crippen LogP contribution in [0.25, 0.3) is 11.0 Å². The largest absolute Gasteiger partial charge is 0.493 e. The van der Waals surface area contributed by atoms with E-state index in [-0.39, 0.29) is 0 Å². The van der Waals surface area contributed by atoms with Crippen molar-refractivity contribution in [2.45, 2.75) is 32.7 Å². The molecule has 0 unspecified atom stereocenters. The maximum atomic E-state index is 8.67. The van der Waals surface area contributed by atoms with Crippen LogP contribution in [0, 0.1) is 11.3 Å². The minimum atomic E-state index is 0.552. The maximum Gasteiger partial charge on any atom is 0.163 e. The summed E-state index contributed by atoms with van der Waals surface area (Å²) in [6.07, 6.45) is 2.23. The summed E-state index contributed by atoms with van der Waals surface area (Å²) >= 11 is 0. The maximum absolute atomic E-state index is 8.67. The summed E-state index contributed by atoms with van der Waals surface area (Å²) in [5.74, 6) is 2.40. The zero-order chi connectivity index (χ0) is 14.5. The van der Waals surface area contributed by atoms with Crippen LogP contribution in [-0.2, 0) is 13.0 Å². The molecule has 1 heterocycles. The molecule has 0 aliphatic rings. The molecule has 0 saturated carbocycles. The molecule has 5 nitrogen and oxygen atoms in total. The Balaban J connectivity index is 2.51. The predicted molar refractivity (Wildman–Crippen MR) is 77.1 cm³/mol. The quantitative estimate of drug-likeness (QED) is 0.759. The van der Waals surface area contributed by atoms with Crippen molar-refractivity contribution in [3.05, 3.63) is 18.0 Å². The van der Waals surface area contributed by atoms with Crippen LogP contribution in [-0.4, -0.2) is 23.8 Å². The molecular weight excluding hydrogens is 254 g/mol. The topological polar surface area (TPSA) is 60.1 Å². The van der Waals surface area contributed by atoms with Crippen LogP contribution in [0.4, 0.5) is 0 Å². The number of aryl methyl sites for hydroxylation is 2. The second-order valence-electron chi connectivity index (χ2n) is 4.49. The molecule has 0 bridgehead atoms. The Kier molecular flexibility index (Phi) is 4.46. The summed E-state index contributed by atoms with van der Waals surface area (Å²) in [6, 6.07) is 6.03. The number of nitriles is 1.